The third kappa shape index (κ3) is 5.50. The summed E-state index contributed by atoms with van der Waals surface area (Å²) < 4.78 is 0. The van der Waals surface area contributed by atoms with Crippen molar-refractivity contribution in [3.63, 3.8) is 0 Å². The van der Waals surface area contributed by atoms with Crippen molar-refractivity contribution in [3.8, 4) is 0 Å². The highest BCUT2D eigenvalue weighted by Crippen LogP contribution is 1.96. The summed E-state index contributed by atoms with van der Waals surface area (Å²) in [6.45, 7) is 0.796. The molecular formula is C12H19N5O5. The number of carbonyl (C=O) groups excluding carboxylic acids is 2. The standard InChI is InChI=1S/C12H19N5O5/c1-6(18)10(12(21)22)17-9(19)4-15-11(20)8(13)2-7-3-14-5-16-7/h3,5-6,8,10,18H,2,4,13H2,1H3,(H,14,16)(H,15,20)(H,17,19)(H,21,22)/t6-,8+,10+/m1/s1. The van der Waals surface area contributed by atoms with Gasteiger partial charge in [0.25, 0.3) is 0 Å². The van der Waals surface area contributed by atoms with E-state index in [4.69, 9.17) is 10.8 Å². The van der Waals surface area contributed by atoms with Crippen LogP contribution >= 0.6 is 0 Å². The maximum Gasteiger partial charge on any atom is 0.328 e. The van der Waals surface area contributed by atoms with Crippen molar-refractivity contribution in [3.05, 3.63) is 18.2 Å². The molecule has 3 atom stereocenters. The van der Waals surface area contributed by atoms with Crippen molar-refractivity contribution >= 4 is 17.8 Å². The minimum Gasteiger partial charge on any atom is -0.480 e. The van der Waals surface area contributed by atoms with Crippen LogP contribution in [0, 0.1) is 0 Å². The summed E-state index contributed by atoms with van der Waals surface area (Å²) in [6, 6.07) is -2.32. The molecule has 0 radical (unpaired) electrons. The Labute approximate surface area is 126 Å². The number of hydrogen-bond acceptors (Lipinski definition) is 6. The van der Waals surface area contributed by atoms with Crippen LogP contribution in [0.1, 0.15) is 12.6 Å². The van der Waals surface area contributed by atoms with E-state index in [1.807, 2.05) is 0 Å². The molecule has 0 fully saturated rings. The van der Waals surface area contributed by atoms with Crippen LogP contribution in [0.15, 0.2) is 12.5 Å². The number of hydrogen-bond donors (Lipinski definition) is 6. The first-order chi connectivity index (χ1) is 10.3. The van der Waals surface area contributed by atoms with Gasteiger partial charge in [-0.1, -0.05) is 0 Å². The van der Waals surface area contributed by atoms with Gasteiger partial charge in [0.2, 0.25) is 11.8 Å². The topological polar surface area (TPSA) is 170 Å². The van der Waals surface area contributed by atoms with Crippen molar-refractivity contribution in [1.29, 1.82) is 0 Å². The van der Waals surface area contributed by atoms with Crippen molar-refractivity contribution in [2.75, 3.05) is 6.54 Å². The molecule has 2 amide bonds. The average Bonchev–Trinajstić information content (AvgIpc) is 2.94. The Balaban J connectivity index is 2.39. The van der Waals surface area contributed by atoms with Crippen LogP contribution in [-0.2, 0) is 20.8 Å². The molecule has 0 bridgehead atoms. The fraction of sp³-hybridized carbons (Fsp3) is 0.500. The first kappa shape index (κ1) is 17.6. The lowest BCUT2D eigenvalue weighted by molar-refractivity contribution is -0.144. The van der Waals surface area contributed by atoms with Gasteiger partial charge in [-0.05, 0) is 6.92 Å². The molecule has 22 heavy (non-hydrogen) atoms. The molecule has 122 valence electrons. The Hall–Kier alpha value is -2.46. The van der Waals surface area contributed by atoms with Gasteiger partial charge >= 0.3 is 5.97 Å². The zero-order chi connectivity index (χ0) is 16.7. The second-order valence-electron chi connectivity index (χ2n) is 4.73. The normalized spacial score (nSPS) is 14.7. The van der Waals surface area contributed by atoms with Gasteiger partial charge in [0.05, 0.1) is 25.0 Å². The average molecular weight is 313 g/mol. The molecule has 0 aliphatic carbocycles. The van der Waals surface area contributed by atoms with Crippen LogP contribution in [0.4, 0.5) is 0 Å². The third-order valence-corrected chi connectivity index (χ3v) is 2.82. The lowest BCUT2D eigenvalue weighted by Gasteiger charge is -2.17. The van der Waals surface area contributed by atoms with Gasteiger partial charge in [-0.2, -0.15) is 0 Å². The number of imidazole rings is 1. The highest BCUT2D eigenvalue weighted by molar-refractivity contribution is 5.89. The molecule has 1 aromatic heterocycles. The van der Waals surface area contributed by atoms with Crippen molar-refractivity contribution in [2.45, 2.75) is 31.5 Å². The Morgan fingerprint density at radius 1 is 1.45 bits per heavy atom. The lowest BCUT2D eigenvalue weighted by atomic mass is 10.1. The predicted molar refractivity (Wildman–Crippen MR) is 74.5 cm³/mol. The SMILES string of the molecule is C[C@@H](O)[C@H](NC(=O)CNC(=O)[C@@H](N)Cc1cnc[nH]1)C(=O)O. The van der Waals surface area contributed by atoms with E-state index >= 15 is 0 Å². The van der Waals surface area contributed by atoms with Gasteiger partial charge in [-0.25, -0.2) is 9.78 Å². The molecule has 1 aromatic rings. The smallest absolute Gasteiger partial charge is 0.328 e. The number of carboxylic acid groups (broad SMARTS) is 1. The first-order valence-corrected chi connectivity index (χ1v) is 6.52. The van der Waals surface area contributed by atoms with E-state index in [-0.39, 0.29) is 6.42 Å². The summed E-state index contributed by atoms with van der Waals surface area (Å²) in [5.74, 6) is -2.67. The minimum absolute atomic E-state index is 0.221. The molecule has 0 spiro atoms. The number of aromatic amines is 1. The van der Waals surface area contributed by atoms with E-state index in [0.29, 0.717) is 5.69 Å². The fourth-order valence-electron chi connectivity index (χ4n) is 1.64. The van der Waals surface area contributed by atoms with Crippen LogP contribution in [-0.4, -0.2) is 62.7 Å². The number of carbonyl (C=O) groups is 3. The number of nitrogens with two attached hydrogens (primary N) is 1. The number of carboxylic acids is 1. The molecule has 10 nitrogen and oxygen atoms in total. The quantitative estimate of drug-likeness (QED) is 0.304. The second-order valence-corrected chi connectivity index (χ2v) is 4.73. The van der Waals surface area contributed by atoms with Crippen LogP contribution in [0.5, 0.6) is 0 Å². The van der Waals surface area contributed by atoms with Gasteiger partial charge < -0.3 is 31.6 Å². The number of aliphatic carboxylic acids is 1. The molecule has 1 rings (SSSR count). The number of H-pyrrole nitrogens is 1. The number of aliphatic hydroxyl groups is 1. The van der Waals surface area contributed by atoms with E-state index in [2.05, 4.69) is 20.6 Å². The highest BCUT2D eigenvalue weighted by Gasteiger charge is 2.25. The second kappa shape index (κ2) is 8.10. The summed E-state index contributed by atoms with van der Waals surface area (Å²) in [7, 11) is 0. The number of amides is 2. The van der Waals surface area contributed by atoms with E-state index < -0.39 is 42.5 Å². The number of aliphatic hydroxyl groups excluding tert-OH is 1. The van der Waals surface area contributed by atoms with Crippen molar-refractivity contribution in [2.24, 2.45) is 5.73 Å². The molecule has 0 unspecified atom stereocenters. The van der Waals surface area contributed by atoms with E-state index in [0.717, 1.165) is 0 Å². The van der Waals surface area contributed by atoms with E-state index in [1.54, 1.807) is 0 Å². The molecule has 0 saturated carbocycles. The molecule has 0 aliphatic rings. The predicted octanol–water partition coefficient (Wildman–Crippen LogP) is -2.65. The Kier molecular flexibility index (Phi) is 6.47. The Bertz CT molecular complexity index is 516. The van der Waals surface area contributed by atoms with Crippen LogP contribution in [0.3, 0.4) is 0 Å². The third-order valence-electron chi connectivity index (χ3n) is 2.82. The number of aromatic nitrogens is 2. The summed E-state index contributed by atoms with van der Waals surface area (Å²) in [6.07, 6.45) is 1.94. The molecule has 0 saturated heterocycles. The van der Waals surface area contributed by atoms with E-state index in [9.17, 15) is 19.5 Å². The van der Waals surface area contributed by atoms with Crippen molar-refractivity contribution < 1.29 is 24.6 Å². The summed E-state index contributed by atoms with van der Waals surface area (Å²) >= 11 is 0. The van der Waals surface area contributed by atoms with Crippen LogP contribution < -0.4 is 16.4 Å². The molecule has 0 aromatic carbocycles. The fourth-order valence-corrected chi connectivity index (χ4v) is 1.64. The maximum absolute atomic E-state index is 11.7. The number of nitrogens with one attached hydrogen (secondary N) is 3. The molecule has 1 heterocycles. The van der Waals surface area contributed by atoms with Crippen LogP contribution in [0.25, 0.3) is 0 Å². The number of nitrogens with zero attached hydrogens (tertiary/aromatic N) is 1. The molecule has 7 N–H and O–H groups in total. The zero-order valence-electron chi connectivity index (χ0n) is 11.9. The van der Waals surface area contributed by atoms with Gasteiger partial charge in [0, 0.05) is 18.3 Å². The maximum atomic E-state index is 11.7. The molecular weight excluding hydrogens is 294 g/mol. The Morgan fingerprint density at radius 3 is 2.64 bits per heavy atom. The van der Waals surface area contributed by atoms with Gasteiger partial charge in [-0.15, -0.1) is 0 Å². The first-order valence-electron chi connectivity index (χ1n) is 6.52. The van der Waals surface area contributed by atoms with Crippen LogP contribution in [0.2, 0.25) is 0 Å². The number of rotatable bonds is 8. The van der Waals surface area contributed by atoms with Gasteiger partial charge in [0.15, 0.2) is 6.04 Å². The van der Waals surface area contributed by atoms with Gasteiger partial charge in [0.1, 0.15) is 0 Å². The summed E-state index contributed by atoms with van der Waals surface area (Å²) in [4.78, 5) is 40.7. The Morgan fingerprint density at radius 2 is 2.14 bits per heavy atom. The van der Waals surface area contributed by atoms with Gasteiger partial charge in [-0.3, -0.25) is 9.59 Å². The molecule has 10 heteroatoms. The lowest BCUT2D eigenvalue weighted by Crippen LogP contribution is -2.52. The zero-order valence-corrected chi connectivity index (χ0v) is 11.9. The highest BCUT2D eigenvalue weighted by atomic mass is 16.4. The van der Waals surface area contributed by atoms with Crippen molar-refractivity contribution in [1.82, 2.24) is 20.6 Å². The summed E-state index contributed by atoms with van der Waals surface area (Å²) in [5, 5.41) is 22.4. The molecule has 0 aliphatic heterocycles. The monoisotopic (exact) mass is 313 g/mol. The van der Waals surface area contributed by atoms with E-state index in [1.165, 1.54) is 19.4 Å². The summed E-state index contributed by atoms with van der Waals surface area (Å²) in [5.41, 5.74) is 6.34. The minimum atomic E-state index is -1.44. The largest absolute Gasteiger partial charge is 0.480 e.